The number of nitrogens with one attached hydrogen (secondary N) is 1. The van der Waals surface area contributed by atoms with E-state index in [1.54, 1.807) is 68.6 Å². The predicted octanol–water partition coefficient (Wildman–Crippen LogP) is 4.67. The van der Waals surface area contributed by atoms with E-state index >= 15 is 0 Å². The van der Waals surface area contributed by atoms with Gasteiger partial charge in [-0.1, -0.05) is 17.9 Å². The molecule has 0 saturated heterocycles. The van der Waals surface area contributed by atoms with Gasteiger partial charge in [-0.3, -0.25) is 4.79 Å². The Morgan fingerprint density at radius 1 is 1.09 bits per heavy atom. The monoisotopic (exact) mass is 524 g/mol. The summed E-state index contributed by atoms with van der Waals surface area (Å²) in [7, 11) is 3.16. The van der Waals surface area contributed by atoms with Gasteiger partial charge in [0, 0.05) is 27.9 Å². The number of carbonyl (C=O) groups is 2. The van der Waals surface area contributed by atoms with E-state index in [9.17, 15) is 9.59 Å². The molecule has 176 valence electrons. The summed E-state index contributed by atoms with van der Waals surface area (Å²) in [5.74, 6) is 6.75. The number of aromatic nitrogens is 1. The highest BCUT2D eigenvalue weighted by atomic mass is 79.9. The molecule has 3 rings (SSSR count). The van der Waals surface area contributed by atoms with Crippen molar-refractivity contribution in [1.82, 2.24) is 9.88 Å². The largest absolute Gasteiger partial charge is 0.497 e. The predicted molar refractivity (Wildman–Crippen MR) is 132 cm³/mol. The van der Waals surface area contributed by atoms with Crippen LogP contribution in [-0.2, 0) is 11.3 Å². The van der Waals surface area contributed by atoms with Crippen molar-refractivity contribution in [2.45, 2.75) is 13.5 Å². The van der Waals surface area contributed by atoms with Crippen molar-refractivity contribution in [3.63, 3.8) is 0 Å². The van der Waals surface area contributed by atoms with Gasteiger partial charge in [-0.25, -0.2) is 4.79 Å². The molecule has 8 heteroatoms. The van der Waals surface area contributed by atoms with E-state index in [2.05, 4.69) is 32.8 Å². The third kappa shape index (κ3) is 6.42. The smallest absolute Gasteiger partial charge is 0.338 e. The third-order valence-corrected chi connectivity index (χ3v) is 5.36. The lowest BCUT2D eigenvalue weighted by Crippen LogP contribution is -2.31. The lowest BCUT2D eigenvalue weighted by Gasteiger charge is -2.21. The standard InChI is InChI=1S/C26H25BrN2O5/c1-4-34-26(31)19-9-5-7-18(13-19)8-6-12-29(25(30)23-14-21(27)16-28-23)17-20-10-11-22(32-2)15-24(20)33-3/h5,7,9-11,13-16,28H,4,12,17H2,1-3H3. The van der Waals surface area contributed by atoms with Crippen molar-refractivity contribution >= 4 is 27.8 Å². The van der Waals surface area contributed by atoms with Crippen molar-refractivity contribution < 1.29 is 23.8 Å². The van der Waals surface area contributed by atoms with Crippen molar-refractivity contribution in [3.8, 4) is 23.3 Å². The van der Waals surface area contributed by atoms with Gasteiger partial charge in [0.1, 0.15) is 17.2 Å². The maximum Gasteiger partial charge on any atom is 0.338 e. The number of ether oxygens (including phenoxy) is 3. The lowest BCUT2D eigenvalue weighted by molar-refractivity contribution is 0.0526. The van der Waals surface area contributed by atoms with E-state index in [1.165, 1.54) is 0 Å². The van der Waals surface area contributed by atoms with Gasteiger partial charge >= 0.3 is 5.97 Å². The van der Waals surface area contributed by atoms with Crippen LogP contribution in [0.5, 0.6) is 11.5 Å². The van der Waals surface area contributed by atoms with Gasteiger partial charge < -0.3 is 24.1 Å². The average molecular weight is 525 g/mol. The Hall–Kier alpha value is -3.70. The molecule has 0 unspecified atom stereocenters. The molecule has 0 bridgehead atoms. The van der Waals surface area contributed by atoms with Gasteiger partial charge in [-0.2, -0.15) is 0 Å². The average Bonchev–Trinajstić information content (AvgIpc) is 3.29. The molecule has 1 heterocycles. The van der Waals surface area contributed by atoms with Crippen LogP contribution >= 0.6 is 15.9 Å². The van der Waals surface area contributed by atoms with Crippen LogP contribution in [0.15, 0.2) is 59.2 Å². The number of H-pyrrole nitrogens is 1. The number of methoxy groups -OCH3 is 2. The van der Waals surface area contributed by atoms with Crippen molar-refractivity contribution in [1.29, 1.82) is 0 Å². The first kappa shape index (κ1) is 24.9. The van der Waals surface area contributed by atoms with Gasteiger partial charge in [0.25, 0.3) is 5.91 Å². The van der Waals surface area contributed by atoms with Crippen LogP contribution in [0.25, 0.3) is 0 Å². The van der Waals surface area contributed by atoms with Gasteiger partial charge in [0.15, 0.2) is 0 Å². The molecule has 1 aromatic heterocycles. The topological polar surface area (TPSA) is 80.9 Å². The number of carbonyl (C=O) groups excluding carboxylic acids is 2. The highest BCUT2D eigenvalue weighted by Gasteiger charge is 2.19. The zero-order chi connectivity index (χ0) is 24.5. The minimum atomic E-state index is -0.396. The van der Waals surface area contributed by atoms with E-state index < -0.39 is 5.97 Å². The van der Waals surface area contributed by atoms with Crippen LogP contribution in [0.2, 0.25) is 0 Å². The number of halogens is 1. The summed E-state index contributed by atoms with van der Waals surface area (Å²) < 4.78 is 16.6. The quantitative estimate of drug-likeness (QED) is 0.342. The Morgan fingerprint density at radius 2 is 1.91 bits per heavy atom. The Labute approximate surface area is 207 Å². The zero-order valence-corrected chi connectivity index (χ0v) is 20.8. The fraction of sp³-hybridized carbons (Fsp3) is 0.231. The number of hydrogen-bond acceptors (Lipinski definition) is 5. The first-order chi connectivity index (χ1) is 16.4. The normalized spacial score (nSPS) is 10.1. The maximum atomic E-state index is 13.2. The van der Waals surface area contributed by atoms with E-state index in [4.69, 9.17) is 14.2 Å². The molecule has 0 radical (unpaired) electrons. The first-order valence-electron chi connectivity index (χ1n) is 10.5. The molecule has 0 aliphatic heterocycles. The molecule has 0 saturated carbocycles. The molecular formula is C26H25BrN2O5. The van der Waals surface area contributed by atoms with Crippen LogP contribution in [0, 0.1) is 11.8 Å². The number of hydrogen-bond donors (Lipinski definition) is 1. The first-order valence-corrected chi connectivity index (χ1v) is 11.3. The van der Waals surface area contributed by atoms with Crippen LogP contribution in [0.4, 0.5) is 0 Å². The fourth-order valence-electron chi connectivity index (χ4n) is 3.22. The summed E-state index contributed by atoms with van der Waals surface area (Å²) in [5, 5.41) is 0. The molecule has 0 aliphatic carbocycles. The van der Waals surface area contributed by atoms with E-state index in [-0.39, 0.29) is 19.0 Å². The third-order valence-electron chi connectivity index (χ3n) is 4.90. The van der Waals surface area contributed by atoms with Gasteiger partial charge in [-0.05, 0) is 59.3 Å². The van der Waals surface area contributed by atoms with Crippen molar-refractivity contribution in [3.05, 3.63) is 81.6 Å². The van der Waals surface area contributed by atoms with Crippen molar-refractivity contribution in [2.75, 3.05) is 27.4 Å². The summed E-state index contributed by atoms with van der Waals surface area (Å²) in [6.45, 7) is 2.50. The van der Waals surface area contributed by atoms with Crippen LogP contribution < -0.4 is 9.47 Å². The molecule has 34 heavy (non-hydrogen) atoms. The Morgan fingerprint density at radius 3 is 2.59 bits per heavy atom. The molecule has 2 aromatic carbocycles. The molecular weight excluding hydrogens is 500 g/mol. The minimum Gasteiger partial charge on any atom is -0.497 e. The molecule has 1 amide bonds. The second-order valence-corrected chi connectivity index (χ2v) is 8.09. The summed E-state index contributed by atoms with van der Waals surface area (Å²) in [6, 6.07) is 14.1. The summed E-state index contributed by atoms with van der Waals surface area (Å²) >= 11 is 3.37. The second kappa shape index (κ2) is 12.0. The van der Waals surface area contributed by atoms with Gasteiger partial charge in [0.2, 0.25) is 0 Å². The molecule has 0 fully saturated rings. The number of esters is 1. The lowest BCUT2D eigenvalue weighted by atomic mass is 10.1. The summed E-state index contributed by atoms with van der Waals surface area (Å²) in [6.07, 6.45) is 1.70. The zero-order valence-electron chi connectivity index (χ0n) is 19.2. The van der Waals surface area contributed by atoms with Gasteiger partial charge in [-0.15, -0.1) is 0 Å². The van der Waals surface area contributed by atoms with Gasteiger partial charge in [0.05, 0.1) is 39.5 Å². The Kier molecular flexibility index (Phi) is 8.77. The molecule has 1 N–H and O–H groups in total. The molecule has 0 spiro atoms. The molecule has 7 nitrogen and oxygen atoms in total. The molecule has 0 atom stereocenters. The number of benzene rings is 2. The second-order valence-electron chi connectivity index (χ2n) is 7.17. The molecule has 3 aromatic rings. The summed E-state index contributed by atoms with van der Waals surface area (Å²) in [5.41, 5.74) is 2.34. The SMILES string of the molecule is CCOC(=O)c1cccc(C#CCN(Cc2ccc(OC)cc2OC)C(=O)c2cc(Br)c[nH]2)c1. The van der Waals surface area contributed by atoms with Crippen LogP contribution in [-0.4, -0.2) is 49.1 Å². The Bertz CT molecular complexity index is 1230. The Balaban J connectivity index is 1.85. The highest BCUT2D eigenvalue weighted by molar-refractivity contribution is 9.10. The van der Waals surface area contributed by atoms with E-state index in [0.717, 1.165) is 10.0 Å². The molecule has 0 aliphatic rings. The van der Waals surface area contributed by atoms with Crippen LogP contribution in [0.3, 0.4) is 0 Å². The number of rotatable bonds is 8. The fourth-order valence-corrected chi connectivity index (χ4v) is 3.57. The minimum absolute atomic E-state index is 0.161. The highest BCUT2D eigenvalue weighted by Crippen LogP contribution is 2.26. The summed E-state index contributed by atoms with van der Waals surface area (Å²) in [4.78, 5) is 29.8. The van der Waals surface area contributed by atoms with Crippen LogP contribution in [0.1, 0.15) is 38.9 Å². The maximum absolute atomic E-state index is 13.2. The number of amides is 1. The van der Waals surface area contributed by atoms with Crippen molar-refractivity contribution in [2.24, 2.45) is 0 Å². The van der Waals surface area contributed by atoms with E-state index in [0.29, 0.717) is 34.9 Å². The number of nitrogens with zero attached hydrogens (tertiary/aromatic N) is 1. The van der Waals surface area contributed by atoms with E-state index in [1.807, 2.05) is 12.1 Å². The number of aromatic amines is 1.